The van der Waals surface area contributed by atoms with E-state index in [1.54, 1.807) is 5.56 Å². The van der Waals surface area contributed by atoms with Crippen molar-refractivity contribution in [3.05, 3.63) is 59.7 Å². The fraction of sp³-hybridized carbons (Fsp3) is 0.333. The van der Waals surface area contributed by atoms with Crippen LogP contribution in [0.4, 0.5) is 11.4 Å². The van der Waals surface area contributed by atoms with Gasteiger partial charge in [0.15, 0.2) is 0 Å². The van der Waals surface area contributed by atoms with E-state index in [0.29, 0.717) is 6.04 Å². The largest absolute Gasteiger partial charge is 0.338 e. The lowest BCUT2D eigenvalue weighted by atomic mass is 9.97. The fourth-order valence-corrected chi connectivity index (χ4v) is 3.89. The van der Waals surface area contributed by atoms with E-state index in [4.69, 9.17) is 0 Å². The molecule has 0 aromatic heterocycles. The number of rotatable bonds is 1. The van der Waals surface area contributed by atoms with Gasteiger partial charge in [-0.15, -0.1) is 0 Å². The Labute approximate surface area is 114 Å². The number of nitrogens with zero attached hydrogens (tertiary/aromatic N) is 1. The molecule has 2 aromatic carbocycles. The SMILES string of the molecule is Cc1ccc2c(c1)N(c1ccccc1)C1CCCC21. The summed E-state index contributed by atoms with van der Waals surface area (Å²) in [6.45, 7) is 2.19. The molecule has 2 atom stereocenters. The van der Waals surface area contributed by atoms with Crippen molar-refractivity contribution in [1.82, 2.24) is 0 Å². The van der Waals surface area contributed by atoms with E-state index in [0.717, 1.165) is 5.92 Å². The zero-order valence-corrected chi connectivity index (χ0v) is 11.3. The van der Waals surface area contributed by atoms with Crippen LogP contribution in [0.2, 0.25) is 0 Å². The van der Waals surface area contributed by atoms with Crippen LogP contribution in [-0.4, -0.2) is 6.04 Å². The van der Waals surface area contributed by atoms with Crippen molar-refractivity contribution in [3.8, 4) is 0 Å². The average molecular weight is 249 g/mol. The van der Waals surface area contributed by atoms with Crippen LogP contribution in [0, 0.1) is 6.92 Å². The standard InChI is InChI=1S/C18H19N/c1-13-10-11-16-15-8-5-9-17(15)19(18(16)12-13)14-6-3-2-4-7-14/h2-4,6-7,10-12,15,17H,5,8-9H2,1H3. The van der Waals surface area contributed by atoms with E-state index < -0.39 is 0 Å². The molecule has 19 heavy (non-hydrogen) atoms. The van der Waals surface area contributed by atoms with Gasteiger partial charge in [-0.2, -0.15) is 0 Å². The second-order valence-electron chi connectivity index (χ2n) is 5.87. The lowest BCUT2D eigenvalue weighted by molar-refractivity contribution is 0.642. The Balaban J connectivity index is 1.89. The minimum atomic E-state index is 0.680. The molecule has 0 spiro atoms. The number of hydrogen-bond donors (Lipinski definition) is 0. The second-order valence-corrected chi connectivity index (χ2v) is 5.87. The lowest BCUT2D eigenvalue weighted by Crippen LogP contribution is -2.26. The van der Waals surface area contributed by atoms with Gasteiger partial charge in [0.25, 0.3) is 0 Å². The fourth-order valence-electron chi connectivity index (χ4n) is 3.89. The first-order valence-electron chi connectivity index (χ1n) is 7.29. The number of aryl methyl sites for hydroxylation is 1. The van der Waals surface area contributed by atoms with Gasteiger partial charge in [0.05, 0.1) is 0 Å². The number of anilines is 2. The van der Waals surface area contributed by atoms with Gasteiger partial charge in [0.2, 0.25) is 0 Å². The first-order valence-corrected chi connectivity index (χ1v) is 7.29. The average Bonchev–Trinajstić information content (AvgIpc) is 2.99. The second kappa shape index (κ2) is 4.12. The van der Waals surface area contributed by atoms with Crippen molar-refractivity contribution in [2.24, 2.45) is 0 Å². The summed E-state index contributed by atoms with van der Waals surface area (Å²) in [5.41, 5.74) is 5.72. The minimum absolute atomic E-state index is 0.680. The highest BCUT2D eigenvalue weighted by molar-refractivity contribution is 5.73. The Morgan fingerprint density at radius 3 is 2.68 bits per heavy atom. The summed E-state index contributed by atoms with van der Waals surface area (Å²) in [4.78, 5) is 2.58. The molecule has 0 radical (unpaired) electrons. The van der Waals surface area contributed by atoms with Crippen molar-refractivity contribution < 1.29 is 0 Å². The Kier molecular flexibility index (Phi) is 2.41. The third-order valence-electron chi connectivity index (χ3n) is 4.69. The molecule has 1 saturated carbocycles. The van der Waals surface area contributed by atoms with Crippen molar-refractivity contribution in [2.75, 3.05) is 4.90 Å². The normalized spacial score (nSPS) is 24.4. The van der Waals surface area contributed by atoms with E-state index in [1.165, 1.54) is 36.2 Å². The lowest BCUT2D eigenvalue weighted by Gasteiger charge is -2.27. The zero-order chi connectivity index (χ0) is 12.8. The molecule has 1 aliphatic heterocycles. The van der Waals surface area contributed by atoms with Crippen LogP contribution in [0.3, 0.4) is 0 Å². The maximum atomic E-state index is 2.58. The summed E-state index contributed by atoms with van der Waals surface area (Å²) in [7, 11) is 0. The summed E-state index contributed by atoms with van der Waals surface area (Å²) >= 11 is 0. The van der Waals surface area contributed by atoms with Gasteiger partial charge < -0.3 is 4.90 Å². The summed E-state index contributed by atoms with van der Waals surface area (Å²) in [6.07, 6.45) is 4.04. The Hall–Kier alpha value is -1.76. The van der Waals surface area contributed by atoms with Gasteiger partial charge in [-0.25, -0.2) is 0 Å². The molecule has 0 saturated heterocycles. The smallest absolute Gasteiger partial charge is 0.0452 e. The first kappa shape index (κ1) is 11.1. The van der Waals surface area contributed by atoms with Crippen LogP contribution < -0.4 is 4.90 Å². The Morgan fingerprint density at radius 2 is 1.84 bits per heavy atom. The van der Waals surface area contributed by atoms with E-state index in [1.807, 2.05) is 0 Å². The van der Waals surface area contributed by atoms with Crippen molar-refractivity contribution in [3.63, 3.8) is 0 Å². The molecule has 1 aliphatic carbocycles. The van der Waals surface area contributed by atoms with Gasteiger partial charge in [0.1, 0.15) is 0 Å². The van der Waals surface area contributed by atoms with Gasteiger partial charge in [-0.1, -0.05) is 36.8 Å². The third-order valence-corrected chi connectivity index (χ3v) is 4.69. The molecular weight excluding hydrogens is 230 g/mol. The number of hydrogen-bond acceptors (Lipinski definition) is 1. The molecule has 2 aliphatic rings. The quantitative estimate of drug-likeness (QED) is 0.703. The maximum absolute atomic E-state index is 2.58. The zero-order valence-electron chi connectivity index (χ0n) is 11.3. The number of fused-ring (bicyclic) bond motifs is 3. The molecule has 1 fully saturated rings. The summed E-state index contributed by atoms with van der Waals surface area (Å²) in [5.74, 6) is 0.746. The van der Waals surface area contributed by atoms with Crippen LogP contribution in [-0.2, 0) is 0 Å². The number of benzene rings is 2. The predicted octanol–water partition coefficient (Wildman–Crippen LogP) is 4.78. The van der Waals surface area contributed by atoms with Crippen LogP contribution in [0.5, 0.6) is 0 Å². The third kappa shape index (κ3) is 1.61. The van der Waals surface area contributed by atoms with E-state index in [-0.39, 0.29) is 0 Å². The van der Waals surface area contributed by atoms with Crippen LogP contribution in [0.25, 0.3) is 0 Å². The predicted molar refractivity (Wildman–Crippen MR) is 80.1 cm³/mol. The molecule has 96 valence electrons. The Bertz CT molecular complexity index is 602. The molecule has 1 heteroatoms. The van der Waals surface area contributed by atoms with Crippen molar-refractivity contribution in [2.45, 2.75) is 38.1 Å². The van der Waals surface area contributed by atoms with Crippen LogP contribution >= 0.6 is 0 Å². The van der Waals surface area contributed by atoms with Crippen molar-refractivity contribution >= 4 is 11.4 Å². The summed E-state index contributed by atoms with van der Waals surface area (Å²) in [6, 6.07) is 18.5. The topological polar surface area (TPSA) is 3.24 Å². The summed E-state index contributed by atoms with van der Waals surface area (Å²) in [5, 5.41) is 0. The molecule has 2 unspecified atom stereocenters. The van der Waals surface area contributed by atoms with Crippen LogP contribution in [0.15, 0.2) is 48.5 Å². The molecule has 1 nitrogen and oxygen atoms in total. The minimum Gasteiger partial charge on any atom is -0.338 e. The monoisotopic (exact) mass is 249 g/mol. The van der Waals surface area contributed by atoms with Gasteiger partial charge in [0, 0.05) is 23.3 Å². The maximum Gasteiger partial charge on any atom is 0.0452 e. The van der Waals surface area contributed by atoms with Gasteiger partial charge in [-0.05, 0) is 49.1 Å². The molecule has 2 aromatic rings. The highest BCUT2D eigenvalue weighted by Gasteiger charge is 2.41. The molecular formula is C18H19N. The molecule has 0 amide bonds. The van der Waals surface area contributed by atoms with Crippen molar-refractivity contribution in [1.29, 1.82) is 0 Å². The molecule has 1 heterocycles. The van der Waals surface area contributed by atoms with Gasteiger partial charge >= 0.3 is 0 Å². The molecule has 4 rings (SSSR count). The highest BCUT2D eigenvalue weighted by Crippen LogP contribution is 2.52. The molecule has 0 bridgehead atoms. The summed E-state index contributed by atoms with van der Waals surface area (Å²) < 4.78 is 0. The van der Waals surface area contributed by atoms with E-state index >= 15 is 0 Å². The van der Waals surface area contributed by atoms with E-state index in [9.17, 15) is 0 Å². The Morgan fingerprint density at radius 1 is 1.00 bits per heavy atom. The van der Waals surface area contributed by atoms with E-state index in [2.05, 4.69) is 60.4 Å². The first-order chi connectivity index (χ1) is 9.34. The highest BCUT2D eigenvalue weighted by atomic mass is 15.2. The molecule has 0 N–H and O–H groups in total. The van der Waals surface area contributed by atoms with Gasteiger partial charge in [-0.3, -0.25) is 0 Å². The number of para-hydroxylation sites is 1. The van der Waals surface area contributed by atoms with Crippen LogP contribution in [0.1, 0.15) is 36.3 Å².